The van der Waals surface area contributed by atoms with Gasteiger partial charge in [-0.25, -0.2) is 0 Å². The third-order valence-electron chi connectivity index (χ3n) is 2.52. The lowest BCUT2D eigenvalue weighted by atomic mass is 10.1. The Hall–Kier alpha value is -0.340. The number of rotatable bonds is 2. The maximum absolute atomic E-state index is 5.84. The van der Waals surface area contributed by atoms with Crippen LogP contribution in [0, 0.1) is 0 Å². The standard InChI is InChI=1S/C11H18O2/c1-9-3-2-6-12-8-11(7-9)13-10-4-5-10/h3,10-11H,2,4-8H2,1H3. The van der Waals surface area contributed by atoms with Crippen molar-refractivity contribution in [1.29, 1.82) is 0 Å². The first-order valence-electron chi connectivity index (χ1n) is 5.23. The van der Waals surface area contributed by atoms with E-state index < -0.39 is 0 Å². The fraction of sp³-hybridized carbons (Fsp3) is 0.818. The van der Waals surface area contributed by atoms with Gasteiger partial charge in [0.15, 0.2) is 0 Å². The largest absolute Gasteiger partial charge is 0.378 e. The van der Waals surface area contributed by atoms with E-state index in [1.165, 1.54) is 18.4 Å². The first kappa shape index (κ1) is 9.22. The summed E-state index contributed by atoms with van der Waals surface area (Å²) in [7, 11) is 0. The number of hydrogen-bond donors (Lipinski definition) is 0. The lowest BCUT2D eigenvalue weighted by molar-refractivity contribution is -0.0254. The summed E-state index contributed by atoms with van der Waals surface area (Å²) in [5.41, 5.74) is 1.45. The molecular weight excluding hydrogens is 164 g/mol. The summed E-state index contributed by atoms with van der Waals surface area (Å²) in [5, 5.41) is 0. The van der Waals surface area contributed by atoms with Gasteiger partial charge in [0.25, 0.3) is 0 Å². The molecule has 0 bridgehead atoms. The Morgan fingerprint density at radius 3 is 3.00 bits per heavy atom. The molecule has 2 nitrogen and oxygen atoms in total. The quantitative estimate of drug-likeness (QED) is 0.610. The van der Waals surface area contributed by atoms with E-state index in [4.69, 9.17) is 9.47 Å². The molecule has 1 unspecified atom stereocenters. The second-order valence-corrected chi connectivity index (χ2v) is 4.08. The number of hydrogen-bond acceptors (Lipinski definition) is 2. The smallest absolute Gasteiger partial charge is 0.0849 e. The molecule has 1 heterocycles. The van der Waals surface area contributed by atoms with Gasteiger partial charge in [-0.3, -0.25) is 0 Å². The highest BCUT2D eigenvalue weighted by atomic mass is 16.5. The van der Waals surface area contributed by atoms with Crippen LogP contribution in [-0.2, 0) is 9.47 Å². The Bertz CT molecular complexity index is 194. The van der Waals surface area contributed by atoms with Crippen LogP contribution in [0.15, 0.2) is 11.6 Å². The molecule has 1 saturated carbocycles. The first-order chi connectivity index (χ1) is 6.34. The topological polar surface area (TPSA) is 18.5 Å². The van der Waals surface area contributed by atoms with Gasteiger partial charge >= 0.3 is 0 Å². The van der Waals surface area contributed by atoms with Gasteiger partial charge in [0, 0.05) is 0 Å². The maximum atomic E-state index is 5.84. The normalized spacial score (nSPS) is 30.5. The second-order valence-electron chi connectivity index (χ2n) is 4.08. The molecule has 2 rings (SSSR count). The van der Waals surface area contributed by atoms with Crippen LogP contribution in [0.1, 0.15) is 32.6 Å². The molecular formula is C11H18O2. The van der Waals surface area contributed by atoms with Crippen molar-refractivity contribution in [2.45, 2.75) is 44.8 Å². The van der Waals surface area contributed by atoms with E-state index in [1.807, 2.05) is 0 Å². The van der Waals surface area contributed by atoms with E-state index in [2.05, 4.69) is 13.0 Å². The molecule has 0 aromatic rings. The van der Waals surface area contributed by atoms with Gasteiger partial charge in [-0.2, -0.15) is 0 Å². The van der Waals surface area contributed by atoms with Gasteiger partial charge in [-0.05, 0) is 32.6 Å². The maximum Gasteiger partial charge on any atom is 0.0849 e. The summed E-state index contributed by atoms with van der Waals surface area (Å²) < 4.78 is 11.3. The predicted molar refractivity (Wildman–Crippen MR) is 51.7 cm³/mol. The van der Waals surface area contributed by atoms with Crippen LogP contribution < -0.4 is 0 Å². The third kappa shape index (κ3) is 3.12. The van der Waals surface area contributed by atoms with Crippen LogP contribution in [0.3, 0.4) is 0 Å². The zero-order valence-electron chi connectivity index (χ0n) is 8.29. The molecule has 1 fully saturated rings. The summed E-state index contributed by atoms with van der Waals surface area (Å²) in [6.45, 7) is 3.82. The van der Waals surface area contributed by atoms with Gasteiger partial charge in [-0.15, -0.1) is 0 Å². The van der Waals surface area contributed by atoms with E-state index in [9.17, 15) is 0 Å². The molecule has 0 aromatic heterocycles. The molecule has 0 spiro atoms. The minimum Gasteiger partial charge on any atom is -0.378 e. The zero-order chi connectivity index (χ0) is 9.10. The Morgan fingerprint density at radius 2 is 2.23 bits per heavy atom. The molecule has 2 aliphatic rings. The van der Waals surface area contributed by atoms with E-state index in [-0.39, 0.29) is 0 Å². The second kappa shape index (κ2) is 4.25. The molecule has 1 aliphatic heterocycles. The van der Waals surface area contributed by atoms with Gasteiger partial charge in [0.05, 0.1) is 25.4 Å². The van der Waals surface area contributed by atoms with Crippen LogP contribution in [0.4, 0.5) is 0 Å². The highest BCUT2D eigenvalue weighted by molar-refractivity contribution is 5.01. The van der Waals surface area contributed by atoms with Gasteiger partial charge in [0.1, 0.15) is 0 Å². The van der Waals surface area contributed by atoms with Crippen LogP contribution in [0.2, 0.25) is 0 Å². The van der Waals surface area contributed by atoms with Crippen molar-refractivity contribution in [1.82, 2.24) is 0 Å². The van der Waals surface area contributed by atoms with Crippen LogP contribution in [-0.4, -0.2) is 25.4 Å². The molecule has 74 valence electrons. The van der Waals surface area contributed by atoms with E-state index in [0.29, 0.717) is 12.2 Å². The predicted octanol–water partition coefficient (Wildman–Crippen LogP) is 2.29. The summed E-state index contributed by atoms with van der Waals surface area (Å²) in [6.07, 6.45) is 7.73. The molecule has 2 heteroatoms. The lowest BCUT2D eigenvalue weighted by Crippen LogP contribution is -2.23. The molecule has 0 aromatic carbocycles. The van der Waals surface area contributed by atoms with Crippen LogP contribution >= 0.6 is 0 Å². The van der Waals surface area contributed by atoms with Crippen molar-refractivity contribution >= 4 is 0 Å². The average molecular weight is 182 g/mol. The monoisotopic (exact) mass is 182 g/mol. The van der Waals surface area contributed by atoms with Gasteiger partial charge in [0.2, 0.25) is 0 Å². The van der Waals surface area contributed by atoms with Crippen molar-refractivity contribution in [2.75, 3.05) is 13.2 Å². The SMILES string of the molecule is CC1=CCCOCC(OC2CC2)C1. The molecule has 13 heavy (non-hydrogen) atoms. The van der Waals surface area contributed by atoms with Crippen LogP contribution in [0.5, 0.6) is 0 Å². The minimum absolute atomic E-state index is 0.309. The van der Waals surface area contributed by atoms with E-state index in [0.717, 1.165) is 26.1 Å². The van der Waals surface area contributed by atoms with E-state index >= 15 is 0 Å². The summed E-state index contributed by atoms with van der Waals surface area (Å²) in [4.78, 5) is 0. The van der Waals surface area contributed by atoms with E-state index in [1.54, 1.807) is 0 Å². The molecule has 0 saturated heterocycles. The Labute approximate surface area is 79.9 Å². The summed E-state index contributed by atoms with van der Waals surface area (Å²) in [5.74, 6) is 0. The number of ether oxygens (including phenoxy) is 2. The van der Waals surface area contributed by atoms with Gasteiger partial charge in [-0.1, -0.05) is 11.6 Å². The summed E-state index contributed by atoms with van der Waals surface area (Å²) >= 11 is 0. The van der Waals surface area contributed by atoms with Crippen molar-refractivity contribution in [2.24, 2.45) is 0 Å². The highest BCUT2D eigenvalue weighted by Gasteiger charge is 2.26. The Balaban J connectivity index is 1.84. The third-order valence-corrected chi connectivity index (χ3v) is 2.52. The molecule has 0 N–H and O–H groups in total. The average Bonchev–Trinajstić information content (AvgIpc) is 2.83. The Kier molecular flexibility index (Phi) is 3.01. The van der Waals surface area contributed by atoms with Crippen molar-refractivity contribution < 1.29 is 9.47 Å². The fourth-order valence-corrected chi connectivity index (χ4v) is 1.67. The zero-order valence-corrected chi connectivity index (χ0v) is 8.29. The van der Waals surface area contributed by atoms with Crippen molar-refractivity contribution in [3.63, 3.8) is 0 Å². The van der Waals surface area contributed by atoms with Crippen LogP contribution in [0.25, 0.3) is 0 Å². The molecule has 1 atom stereocenters. The minimum atomic E-state index is 0.309. The van der Waals surface area contributed by atoms with Crippen molar-refractivity contribution in [3.05, 3.63) is 11.6 Å². The van der Waals surface area contributed by atoms with Gasteiger partial charge < -0.3 is 9.47 Å². The Morgan fingerprint density at radius 1 is 1.38 bits per heavy atom. The molecule has 0 radical (unpaired) electrons. The van der Waals surface area contributed by atoms with Crippen molar-refractivity contribution in [3.8, 4) is 0 Å². The molecule has 1 aliphatic carbocycles. The highest BCUT2D eigenvalue weighted by Crippen LogP contribution is 2.27. The first-order valence-corrected chi connectivity index (χ1v) is 5.23. The summed E-state index contributed by atoms with van der Waals surface area (Å²) in [6, 6.07) is 0. The fourth-order valence-electron chi connectivity index (χ4n) is 1.67. The lowest BCUT2D eigenvalue weighted by Gasteiger charge is -2.20. The molecule has 0 amide bonds.